The molecule has 1 atom stereocenters. The van der Waals surface area contributed by atoms with Gasteiger partial charge in [0.25, 0.3) is 5.91 Å². The third-order valence-electron chi connectivity index (χ3n) is 2.42. The third kappa shape index (κ3) is 2.69. The van der Waals surface area contributed by atoms with Crippen molar-refractivity contribution in [2.24, 2.45) is 0 Å². The van der Waals surface area contributed by atoms with Crippen molar-refractivity contribution >= 4 is 17.5 Å². The van der Waals surface area contributed by atoms with Crippen LogP contribution in [0.5, 0.6) is 0 Å². The number of hydrogen-bond acceptors (Lipinski definition) is 2. The van der Waals surface area contributed by atoms with Crippen molar-refractivity contribution < 1.29 is 4.79 Å². The zero-order valence-electron chi connectivity index (χ0n) is 9.20. The molecule has 0 fully saturated rings. The second kappa shape index (κ2) is 5.12. The summed E-state index contributed by atoms with van der Waals surface area (Å²) in [4.78, 5) is 17.7. The molecule has 0 radical (unpaired) electrons. The van der Waals surface area contributed by atoms with Gasteiger partial charge in [0.05, 0.1) is 0 Å². The van der Waals surface area contributed by atoms with Gasteiger partial charge in [0.15, 0.2) is 0 Å². The number of rotatable bonds is 3. The van der Waals surface area contributed by atoms with Gasteiger partial charge in [0, 0.05) is 25.2 Å². The van der Waals surface area contributed by atoms with Crippen LogP contribution in [0.25, 0.3) is 0 Å². The second-order valence-electron chi connectivity index (χ2n) is 3.59. The zero-order valence-corrected chi connectivity index (χ0v) is 9.95. The fraction of sp³-hybridized carbons (Fsp3) is 0.455. The van der Waals surface area contributed by atoms with Crippen LogP contribution in [-0.2, 0) is 0 Å². The number of pyridine rings is 1. The molecule has 82 valence electrons. The summed E-state index contributed by atoms with van der Waals surface area (Å²) < 4.78 is 0. The van der Waals surface area contributed by atoms with Crippen LogP contribution in [0.1, 0.15) is 23.0 Å². The molecular formula is C11H15ClN2O. The highest BCUT2D eigenvalue weighted by atomic mass is 35.5. The molecule has 0 bridgehead atoms. The lowest BCUT2D eigenvalue weighted by Gasteiger charge is -2.23. The highest BCUT2D eigenvalue weighted by Gasteiger charge is 2.18. The van der Waals surface area contributed by atoms with Crippen LogP contribution < -0.4 is 0 Å². The summed E-state index contributed by atoms with van der Waals surface area (Å²) in [6, 6.07) is 3.71. The van der Waals surface area contributed by atoms with Crippen LogP contribution >= 0.6 is 11.6 Å². The maximum absolute atomic E-state index is 12.0. The SMILES string of the molecule is Cc1cccnc1C(=O)N(C)C(C)CCl. The molecule has 0 aliphatic rings. The second-order valence-corrected chi connectivity index (χ2v) is 3.90. The molecule has 3 nitrogen and oxygen atoms in total. The number of hydrogen-bond donors (Lipinski definition) is 0. The van der Waals surface area contributed by atoms with Crippen molar-refractivity contribution in [3.8, 4) is 0 Å². The van der Waals surface area contributed by atoms with Crippen molar-refractivity contribution in [2.45, 2.75) is 19.9 Å². The van der Waals surface area contributed by atoms with Gasteiger partial charge in [-0.1, -0.05) is 6.07 Å². The Hall–Kier alpha value is -1.09. The van der Waals surface area contributed by atoms with E-state index in [2.05, 4.69) is 4.98 Å². The highest BCUT2D eigenvalue weighted by molar-refractivity contribution is 6.18. The van der Waals surface area contributed by atoms with Gasteiger partial charge in [-0.2, -0.15) is 0 Å². The molecular weight excluding hydrogens is 212 g/mol. The van der Waals surface area contributed by atoms with Gasteiger partial charge >= 0.3 is 0 Å². The Morgan fingerprint density at radius 2 is 2.33 bits per heavy atom. The lowest BCUT2D eigenvalue weighted by molar-refractivity contribution is 0.0750. The first-order valence-corrected chi connectivity index (χ1v) is 5.36. The minimum atomic E-state index is -0.0822. The Bertz CT molecular complexity index is 354. The summed E-state index contributed by atoms with van der Waals surface area (Å²) in [7, 11) is 1.74. The molecule has 0 saturated carbocycles. The smallest absolute Gasteiger partial charge is 0.272 e. The molecule has 0 spiro atoms. The molecule has 1 aromatic heterocycles. The summed E-state index contributed by atoms with van der Waals surface area (Å²) in [5.74, 6) is 0.343. The van der Waals surface area contributed by atoms with E-state index >= 15 is 0 Å². The average Bonchev–Trinajstić information content (AvgIpc) is 2.26. The van der Waals surface area contributed by atoms with E-state index in [4.69, 9.17) is 11.6 Å². The monoisotopic (exact) mass is 226 g/mol. The largest absolute Gasteiger partial charge is 0.336 e. The number of aromatic nitrogens is 1. The van der Waals surface area contributed by atoms with Crippen LogP contribution in [0.4, 0.5) is 0 Å². The maximum Gasteiger partial charge on any atom is 0.272 e. The molecule has 0 aromatic carbocycles. The number of halogens is 1. The van der Waals surface area contributed by atoms with E-state index in [0.29, 0.717) is 11.6 Å². The van der Waals surface area contributed by atoms with Gasteiger partial charge in [-0.05, 0) is 25.5 Å². The number of amides is 1. The van der Waals surface area contributed by atoms with E-state index in [0.717, 1.165) is 5.56 Å². The molecule has 1 unspecified atom stereocenters. The Kier molecular flexibility index (Phi) is 4.09. The predicted octanol–water partition coefficient (Wildman–Crippen LogP) is 2.09. The zero-order chi connectivity index (χ0) is 11.4. The fourth-order valence-electron chi connectivity index (χ4n) is 1.18. The van der Waals surface area contributed by atoms with Crippen molar-refractivity contribution in [3.05, 3.63) is 29.6 Å². The molecule has 1 amide bonds. The molecule has 4 heteroatoms. The molecule has 1 rings (SSSR count). The normalized spacial score (nSPS) is 12.3. The van der Waals surface area contributed by atoms with E-state index in [1.807, 2.05) is 26.0 Å². The van der Waals surface area contributed by atoms with Crippen LogP contribution in [0.3, 0.4) is 0 Å². The van der Waals surface area contributed by atoms with Gasteiger partial charge in [0.2, 0.25) is 0 Å². The number of aryl methyl sites for hydroxylation is 1. The first kappa shape index (κ1) is 12.0. The van der Waals surface area contributed by atoms with Gasteiger partial charge in [-0.25, -0.2) is 0 Å². The summed E-state index contributed by atoms with van der Waals surface area (Å²) >= 11 is 5.70. The molecule has 0 aliphatic carbocycles. The molecule has 0 aliphatic heterocycles. The van der Waals surface area contributed by atoms with Gasteiger partial charge in [-0.15, -0.1) is 11.6 Å². The third-order valence-corrected chi connectivity index (χ3v) is 2.86. The Morgan fingerprint density at radius 3 is 2.87 bits per heavy atom. The Labute approximate surface area is 95.1 Å². The Balaban J connectivity index is 2.90. The predicted molar refractivity (Wildman–Crippen MR) is 61.2 cm³/mol. The Morgan fingerprint density at radius 1 is 1.67 bits per heavy atom. The first-order chi connectivity index (χ1) is 7.07. The molecule has 0 N–H and O–H groups in total. The summed E-state index contributed by atoms with van der Waals surface area (Å²) in [6.45, 7) is 3.78. The number of alkyl halides is 1. The molecule has 1 aromatic rings. The van der Waals surface area contributed by atoms with Crippen molar-refractivity contribution in [2.75, 3.05) is 12.9 Å². The van der Waals surface area contributed by atoms with E-state index in [1.54, 1.807) is 18.1 Å². The van der Waals surface area contributed by atoms with E-state index in [1.165, 1.54) is 0 Å². The van der Waals surface area contributed by atoms with E-state index in [-0.39, 0.29) is 11.9 Å². The lowest BCUT2D eigenvalue weighted by Crippen LogP contribution is -2.36. The van der Waals surface area contributed by atoms with Gasteiger partial charge < -0.3 is 4.90 Å². The van der Waals surface area contributed by atoms with Crippen molar-refractivity contribution in [1.29, 1.82) is 0 Å². The molecule has 1 heterocycles. The summed E-state index contributed by atoms with van der Waals surface area (Å²) in [5.41, 5.74) is 1.38. The first-order valence-electron chi connectivity index (χ1n) is 4.82. The minimum Gasteiger partial charge on any atom is -0.336 e. The number of carbonyl (C=O) groups is 1. The van der Waals surface area contributed by atoms with E-state index in [9.17, 15) is 4.79 Å². The van der Waals surface area contributed by atoms with Crippen LogP contribution in [0.2, 0.25) is 0 Å². The fourth-order valence-corrected chi connectivity index (χ4v) is 1.39. The van der Waals surface area contributed by atoms with Crippen molar-refractivity contribution in [3.63, 3.8) is 0 Å². The van der Waals surface area contributed by atoms with Gasteiger partial charge in [-0.3, -0.25) is 9.78 Å². The maximum atomic E-state index is 12.0. The van der Waals surface area contributed by atoms with Crippen LogP contribution in [0.15, 0.2) is 18.3 Å². The average molecular weight is 227 g/mol. The standard InChI is InChI=1S/C11H15ClN2O/c1-8-5-4-6-13-10(8)11(15)14(3)9(2)7-12/h4-6,9H,7H2,1-3H3. The lowest BCUT2D eigenvalue weighted by atomic mass is 10.2. The summed E-state index contributed by atoms with van der Waals surface area (Å²) in [5, 5.41) is 0. The van der Waals surface area contributed by atoms with Gasteiger partial charge in [0.1, 0.15) is 5.69 Å². The number of carbonyl (C=O) groups excluding carboxylic acids is 1. The molecule has 0 saturated heterocycles. The minimum absolute atomic E-state index is 0.0144. The van der Waals surface area contributed by atoms with E-state index < -0.39 is 0 Å². The number of nitrogens with zero attached hydrogens (tertiary/aromatic N) is 2. The molecule has 15 heavy (non-hydrogen) atoms. The topological polar surface area (TPSA) is 33.2 Å². The van der Waals surface area contributed by atoms with Crippen LogP contribution in [0, 0.1) is 6.92 Å². The van der Waals surface area contributed by atoms with Crippen molar-refractivity contribution in [1.82, 2.24) is 9.88 Å². The quantitative estimate of drug-likeness (QED) is 0.740. The summed E-state index contributed by atoms with van der Waals surface area (Å²) in [6.07, 6.45) is 1.62. The highest BCUT2D eigenvalue weighted by Crippen LogP contribution is 2.09. The van der Waals surface area contributed by atoms with Crippen LogP contribution in [-0.4, -0.2) is 34.8 Å².